The Morgan fingerprint density at radius 3 is 2.57 bits per heavy atom. The molecule has 1 atom stereocenters. The monoisotopic (exact) mass is 237 g/mol. The van der Waals surface area contributed by atoms with Crippen LogP contribution in [0.15, 0.2) is 0 Å². The molecular weight excluding hydrogens is 214 g/mol. The molecule has 0 rings (SSSR count). The zero-order valence-electron chi connectivity index (χ0n) is 9.76. The summed E-state index contributed by atoms with van der Waals surface area (Å²) in [5.41, 5.74) is 0. The number of unbranched alkanes of at least 4 members (excludes halogenated alkanes) is 2. The first-order valence-electron chi connectivity index (χ1n) is 5.47. The van der Waals surface area contributed by atoms with Crippen LogP contribution in [0, 0.1) is 0 Å². The van der Waals surface area contributed by atoms with E-state index in [2.05, 4.69) is 25.1 Å². The van der Waals surface area contributed by atoms with Gasteiger partial charge in [0.05, 0.1) is 0 Å². The Labute approximate surface area is 98.6 Å². The second-order valence-electron chi connectivity index (χ2n) is 3.86. The van der Waals surface area contributed by atoms with E-state index in [-0.39, 0.29) is 0 Å². The number of hydrogen-bond acceptors (Lipinski definition) is 2. The zero-order chi connectivity index (χ0) is 10.8. The number of thioether (sulfide) groups is 1. The SMILES string of the molecule is CSCCC(C)N(C)CCCCCCl. The van der Waals surface area contributed by atoms with Gasteiger partial charge in [-0.15, -0.1) is 11.6 Å². The topological polar surface area (TPSA) is 3.24 Å². The number of alkyl halides is 1. The maximum Gasteiger partial charge on any atom is 0.0223 e. The smallest absolute Gasteiger partial charge is 0.0223 e. The van der Waals surface area contributed by atoms with Crippen molar-refractivity contribution >= 4 is 23.4 Å². The summed E-state index contributed by atoms with van der Waals surface area (Å²) in [6, 6.07) is 0.721. The Morgan fingerprint density at radius 2 is 2.00 bits per heavy atom. The van der Waals surface area contributed by atoms with Crippen molar-refractivity contribution in [2.45, 2.75) is 38.6 Å². The Kier molecular flexibility index (Phi) is 10.6. The summed E-state index contributed by atoms with van der Waals surface area (Å²) in [5, 5.41) is 0. The maximum absolute atomic E-state index is 5.63. The molecule has 14 heavy (non-hydrogen) atoms. The highest BCUT2D eigenvalue weighted by atomic mass is 35.5. The summed E-state index contributed by atoms with van der Waals surface area (Å²) < 4.78 is 0. The van der Waals surface area contributed by atoms with Gasteiger partial charge in [0, 0.05) is 11.9 Å². The second kappa shape index (κ2) is 10.1. The predicted molar refractivity (Wildman–Crippen MR) is 69.7 cm³/mol. The highest BCUT2D eigenvalue weighted by Crippen LogP contribution is 2.07. The molecular formula is C11H24ClNS. The first-order chi connectivity index (χ1) is 6.72. The van der Waals surface area contributed by atoms with Crippen molar-refractivity contribution in [2.75, 3.05) is 31.5 Å². The fraction of sp³-hybridized carbons (Fsp3) is 1.00. The molecule has 0 bridgehead atoms. The average Bonchev–Trinajstić information content (AvgIpc) is 2.20. The van der Waals surface area contributed by atoms with Gasteiger partial charge in [0.15, 0.2) is 0 Å². The van der Waals surface area contributed by atoms with Gasteiger partial charge in [-0.05, 0) is 51.8 Å². The normalized spacial score (nSPS) is 13.5. The van der Waals surface area contributed by atoms with Crippen LogP contribution in [0.2, 0.25) is 0 Å². The molecule has 3 heteroatoms. The number of halogens is 1. The van der Waals surface area contributed by atoms with Gasteiger partial charge in [-0.1, -0.05) is 6.42 Å². The fourth-order valence-corrected chi connectivity index (χ4v) is 2.13. The second-order valence-corrected chi connectivity index (χ2v) is 5.22. The molecule has 0 radical (unpaired) electrons. The average molecular weight is 238 g/mol. The third kappa shape index (κ3) is 7.95. The third-order valence-electron chi connectivity index (χ3n) is 2.64. The van der Waals surface area contributed by atoms with E-state index >= 15 is 0 Å². The molecule has 0 aromatic heterocycles. The van der Waals surface area contributed by atoms with E-state index in [0.717, 1.165) is 18.3 Å². The summed E-state index contributed by atoms with van der Waals surface area (Å²) in [7, 11) is 2.23. The van der Waals surface area contributed by atoms with Gasteiger partial charge in [0.1, 0.15) is 0 Å². The molecule has 0 amide bonds. The molecule has 0 N–H and O–H groups in total. The van der Waals surface area contributed by atoms with Crippen LogP contribution in [-0.4, -0.2) is 42.4 Å². The molecule has 0 saturated carbocycles. The first-order valence-corrected chi connectivity index (χ1v) is 7.40. The Balaban J connectivity index is 3.36. The summed E-state index contributed by atoms with van der Waals surface area (Å²) in [6.45, 7) is 3.53. The van der Waals surface area contributed by atoms with Gasteiger partial charge in [-0.2, -0.15) is 11.8 Å². The van der Waals surface area contributed by atoms with Gasteiger partial charge >= 0.3 is 0 Å². The van der Waals surface area contributed by atoms with Gasteiger partial charge < -0.3 is 4.90 Å². The maximum atomic E-state index is 5.63. The molecule has 0 heterocycles. The van der Waals surface area contributed by atoms with Crippen molar-refractivity contribution in [3.63, 3.8) is 0 Å². The van der Waals surface area contributed by atoms with E-state index in [9.17, 15) is 0 Å². The molecule has 0 aliphatic carbocycles. The van der Waals surface area contributed by atoms with Gasteiger partial charge in [-0.3, -0.25) is 0 Å². The Bertz CT molecular complexity index is 122. The van der Waals surface area contributed by atoms with E-state index in [1.807, 2.05) is 11.8 Å². The van der Waals surface area contributed by atoms with Crippen molar-refractivity contribution in [2.24, 2.45) is 0 Å². The summed E-state index contributed by atoms with van der Waals surface area (Å²) in [4.78, 5) is 2.46. The minimum absolute atomic E-state index is 0.721. The molecule has 1 unspecified atom stereocenters. The number of nitrogens with zero attached hydrogens (tertiary/aromatic N) is 1. The van der Waals surface area contributed by atoms with E-state index in [4.69, 9.17) is 11.6 Å². The highest BCUT2D eigenvalue weighted by molar-refractivity contribution is 7.98. The van der Waals surface area contributed by atoms with Gasteiger partial charge in [0.2, 0.25) is 0 Å². The Hall–Kier alpha value is 0.600. The molecule has 0 spiro atoms. The predicted octanol–water partition coefficient (Wildman–Crippen LogP) is 3.47. The number of hydrogen-bond donors (Lipinski definition) is 0. The van der Waals surface area contributed by atoms with E-state index in [0.29, 0.717) is 0 Å². The standard InChI is InChI=1S/C11H24ClNS/c1-11(7-10-14-3)13(2)9-6-4-5-8-12/h11H,4-10H2,1-3H3. The van der Waals surface area contributed by atoms with Crippen LogP contribution in [0.25, 0.3) is 0 Å². The van der Waals surface area contributed by atoms with Gasteiger partial charge in [0.25, 0.3) is 0 Å². The lowest BCUT2D eigenvalue weighted by molar-refractivity contribution is 0.248. The van der Waals surface area contributed by atoms with Crippen LogP contribution in [0.1, 0.15) is 32.6 Å². The third-order valence-corrected chi connectivity index (χ3v) is 3.55. The number of rotatable bonds is 9. The highest BCUT2D eigenvalue weighted by Gasteiger charge is 2.07. The minimum Gasteiger partial charge on any atom is -0.304 e. The molecule has 0 aromatic rings. The molecule has 0 aromatic carbocycles. The van der Waals surface area contributed by atoms with E-state index in [1.165, 1.54) is 31.6 Å². The fourth-order valence-electron chi connectivity index (χ4n) is 1.36. The molecule has 0 saturated heterocycles. The summed E-state index contributed by atoms with van der Waals surface area (Å²) >= 11 is 7.57. The quantitative estimate of drug-likeness (QED) is 0.446. The summed E-state index contributed by atoms with van der Waals surface area (Å²) in [5.74, 6) is 2.08. The molecule has 0 aliphatic heterocycles. The van der Waals surface area contributed by atoms with Crippen LogP contribution in [0.3, 0.4) is 0 Å². The van der Waals surface area contributed by atoms with E-state index in [1.54, 1.807) is 0 Å². The van der Waals surface area contributed by atoms with Crippen molar-refractivity contribution in [3.05, 3.63) is 0 Å². The van der Waals surface area contributed by atoms with Crippen molar-refractivity contribution in [1.82, 2.24) is 4.90 Å². The zero-order valence-corrected chi connectivity index (χ0v) is 11.3. The molecule has 86 valence electrons. The van der Waals surface area contributed by atoms with E-state index < -0.39 is 0 Å². The molecule has 1 nitrogen and oxygen atoms in total. The first kappa shape index (κ1) is 14.6. The minimum atomic E-state index is 0.721. The van der Waals surface area contributed by atoms with Crippen LogP contribution >= 0.6 is 23.4 Å². The largest absolute Gasteiger partial charge is 0.304 e. The van der Waals surface area contributed by atoms with Crippen molar-refractivity contribution < 1.29 is 0 Å². The van der Waals surface area contributed by atoms with Gasteiger partial charge in [-0.25, -0.2) is 0 Å². The molecule has 0 fully saturated rings. The van der Waals surface area contributed by atoms with Crippen LogP contribution in [0.5, 0.6) is 0 Å². The lowest BCUT2D eigenvalue weighted by Gasteiger charge is -2.24. The van der Waals surface area contributed by atoms with Crippen LogP contribution in [0.4, 0.5) is 0 Å². The summed E-state index contributed by atoms with van der Waals surface area (Å²) in [6.07, 6.45) is 7.19. The van der Waals surface area contributed by atoms with Crippen LogP contribution < -0.4 is 0 Å². The Morgan fingerprint density at radius 1 is 1.29 bits per heavy atom. The molecule has 0 aliphatic rings. The lowest BCUT2D eigenvalue weighted by Crippen LogP contribution is -2.30. The van der Waals surface area contributed by atoms with Crippen LogP contribution in [-0.2, 0) is 0 Å². The lowest BCUT2D eigenvalue weighted by atomic mass is 10.2. The van der Waals surface area contributed by atoms with Crippen molar-refractivity contribution in [3.8, 4) is 0 Å². The van der Waals surface area contributed by atoms with Crippen molar-refractivity contribution in [1.29, 1.82) is 0 Å².